The first kappa shape index (κ1) is 16.9. The lowest BCUT2D eigenvalue weighted by Crippen LogP contribution is -2.48. The molecule has 1 aliphatic heterocycles. The van der Waals surface area contributed by atoms with E-state index in [4.69, 9.17) is 0 Å². The van der Waals surface area contributed by atoms with Gasteiger partial charge < -0.3 is 15.1 Å². The third-order valence-corrected chi connectivity index (χ3v) is 3.98. The number of nitrogens with one attached hydrogen (secondary N) is 1. The van der Waals surface area contributed by atoms with Gasteiger partial charge in [-0.1, -0.05) is 12.8 Å². The number of nitrogens with zero attached hydrogens (tertiary/aromatic N) is 3. The Hall–Kier alpha value is -0.160. The number of hydrogen-bond acceptors (Lipinski definition) is 4. The van der Waals surface area contributed by atoms with E-state index in [0.29, 0.717) is 0 Å². The molecule has 1 N–H and O–H groups in total. The molecule has 0 unspecified atom stereocenters. The normalized spacial score (nSPS) is 18.3. The fourth-order valence-electron chi connectivity index (χ4n) is 2.57. The highest BCUT2D eigenvalue weighted by Crippen LogP contribution is 2.05. The Morgan fingerprint density at radius 3 is 2.00 bits per heavy atom. The zero-order valence-electron chi connectivity index (χ0n) is 13.3. The molecule has 1 fully saturated rings. The van der Waals surface area contributed by atoms with Crippen LogP contribution in [0.3, 0.4) is 0 Å². The van der Waals surface area contributed by atoms with Crippen molar-refractivity contribution in [3.63, 3.8) is 0 Å². The first-order valence-corrected chi connectivity index (χ1v) is 7.96. The molecule has 0 atom stereocenters. The van der Waals surface area contributed by atoms with Crippen LogP contribution in [-0.2, 0) is 0 Å². The highest BCUT2D eigenvalue weighted by atomic mass is 15.3. The van der Waals surface area contributed by atoms with E-state index < -0.39 is 0 Å². The van der Waals surface area contributed by atoms with Crippen molar-refractivity contribution in [2.75, 3.05) is 73.5 Å². The molecule has 1 rings (SSSR count). The molecule has 0 aliphatic carbocycles. The molecule has 0 bridgehead atoms. The molecular formula is C15H34N4. The van der Waals surface area contributed by atoms with Crippen molar-refractivity contribution < 1.29 is 0 Å². The van der Waals surface area contributed by atoms with Crippen LogP contribution in [0.2, 0.25) is 0 Å². The molecule has 4 nitrogen and oxygen atoms in total. The number of rotatable bonds is 10. The fraction of sp³-hybridized carbons (Fsp3) is 1.00. The summed E-state index contributed by atoms with van der Waals surface area (Å²) in [5.74, 6) is 0. The molecule has 0 amide bonds. The van der Waals surface area contributed by atoms with Gasteiger partial charge in [-0.3, -0.25) is 4.90 Å². The van der Waals surface area contributed by atoms with Crippen LogP contribution >= 0.6 is 0 Å². The molecule has 0 spiro atoms. The van der Waals surface area contributed by atoms with Crippen molar-refractivity contribution in [2.45, 2.75) is 25.7 Å². The first-order chi connectivity index (χ1) is 9.22. The van der Waals surface area contributed by atoms with Crippen LogP contribution in [-0.4, -0.2) is 88.2 Å². The highest BCUT2D eigenvalue weighted by Gasteiger charge is 2.15. The summed E-state index contributed by atoms with van der Waals surface area (Å²) in [5.41, 5.74) is 0. The van der Waals surface area contributed by atoms with Gasteiger partial charge in [-0.15, -0.1) is 0 Å². The predicted molar refractivity (Wildman–Crippen MR) is 83.8 cm³/mol. The van der Waals surface area contributed by atoms with Gasteiger partial charge in [0.25, 0.3) is 0 Å². The number of likely N-dealkylation sites (N-methyl/N-ethyl adjacent to an activating group) is 1. The van der Waals surface area contributed by atoms with Crippen LogP contribution in [0.4, 0.5) is 0 Å². The van der Waals surface area contributed by atoms with Crippen molar-refractivity contribution in [3.05, 3.63) is 0 Å². The van der Waals surface area contributed by atoms with E-state index in [1.165, 1.54) is 78.0 Å². The van der Waals surface area contributed by atoms with E-state index >= 15 is 0 Å². The highest BCUT2D eigenvalue weighted by molar-refractivity contribution is 4.72. The lowest BCUT2D eigenvalue weighted by molar-refractivity contribution is 0.124. The largest absolute Gasteiger partial charge is 0.320 e. The predicted octanol–water partition coefficient (Wildman–Crippen LogP) is 0.945. The van der Waals surface area contributed by atoms with Gasteiger partial charge in [0.05, 0.1) is 0 Å². The van der Waals surface area contributed by atoms with Crippen molar-refractivity contribution in [2.24, 2.45) is 0 Å². The summed E-state index contributed by atoms with van der Waals surface area (Å²) in [4.78, 5) is 7.52. The molecule has 1 aliphatic rings. The van der Waals surface area contributed by atoms with Crippen molar-refractivity contribution >= 4 is 0 Å². The molecule has 0 saturated carbocycles. The molecule has 114 valence electrons. The molecule has 0 radical (unpaired) electrons. The van der Waals surface area contributed by atoms with Crippen molar-refractivity contribution in [1.29, 1.82) is 0 Å². The fourth-order valence-corrected chi connectivity index (χ4v) is 2.57. The summed E-state index contributed by atoms with van der Waals surface area (Å²) >= 11 is 0. The summed E-state index contributed by atoms with van der Waals surface area (Å²) in [6.07, 6.45) is 5.47. The van der Waals surface area contributed by atoms with Crippen LogP contribution in [0.1, 0.15) is 25.7 Å². The zero-order valence-corrected chi connectivity index (χ0v) is 13.3. The average molecular weight is 270 g/mol. The summed E-state index contributed by atoms with van der Waals surface area (Å²) in [6, 6.07) is 0. The molecule has 0 aromatic carbocycles. The van der Waals surface area contributed by atoms with Gasteiger partial charge in [0.15, 0.2) is 0 Å². The van der Waals surface area contributed by atoms with E-state index in [0.717, 1.165) is 0 Å². The second kappa shape index (κ2) is 10.6. The van der Waals surface area contributed by atoms with E-state index in [1.807, 2.05) is 7.05 Å². The van der Waals surface area contributed by atoms with Gasteiger partial charge in [-0.05, 0) is 47.1 Å². The van der Waals surface area contributed by atoms with E-state index in [9.17, 15) is 0 Å². The zero-order chi connectivity index (χ0) is 13.9. The smallest absolute Gasteiger partial charge is 0.0110 e. The van der Waals surface area contributed by atoms with Gasteiger partial charge >= 0.3 is 0 Å². The van der Waals surface area contributed by atoms with Crippen LogP contribution in [0, 0.1) is 0 Å². The van der Waals surface area contributed by atoms with E-state index in [2.05, 4.69) is 34.1 Å². The summed E-state index contributed by atoms with van der Waals surface area (Å²) in [6.45, 7) is 9.94. The first-order valence-electron chi connectivity index (χ1n) is 7.96. The van der Waals surface area contributed by atoms with Crippen LogP contribution in [0.5, 0.6) is 0 Å². The minimum atomic E-state index is 1.17. The van der Waals surface area contributed by atoms with E-state index in [1.54, 1.807) is 0 Å². The van der Waals surface area contributed by atoms with Gasteiger partial charge in [-0.2, -0.15) is 0 Å². The van der Waals surface area contributed by atoms with Crippen LogP contribution < -0.4 is 5.32 Å². The molecule has 1 saturated heterocycles. The van der Waals surface area contributed by atoms with Gasteiger partial charge in [0.2, 0.25) is 0 Å². The van der Waals surface area contributed by atoms with Gasteiger partial charge in [-0.25, -0.2) is 0 Å². The van der Waals surface area contributed by atoms with Gasteiger partial charge in [0, 0.05) is 39.3 Å². The minimum absolute atomic E-state index is 1.17. The summed E-state index contributed by atoms with van der Waals surface area (Å²) in [5, 5.41) is 3.21. The Kier molecular flexibility index (Phi) is 9.43. The lowest BCUT2D eigenvalue weighted by Gasteiger charge is -2.35. The maximum atomic E-state index is 3.21. The third kappa shape index (κ3) is 8.58. The number of piperazine rings is 1. The molecular weight excluding hydrogens is 236 g/mol. The van der Waals surface area contributed by atoms with Crippen LogP contribution in [0.25, 0.3) is 0 Å². The number of hydrogen-bond donors (Lipinski definition) is 1. The van der Waals surface area contributed by atoms with E-state index in [-0.39, 0.29) is 0 Å². The topological polar surface area (TPSA) is 21.8 Å². The number of unbranched alkanes of at least 4 members (excludes halogenated alkanes) is 3. The second-order valence-electron chi connectivity index (χ2n) is 6.00. The Balaban J connectivity index is 1.94. The van der Waals surface area contributed by atoms with Gasteiger partial charge in [0.1, 0.15) is 0 Å². The van der Waals surface area contributed by atoms with Crippen molar-refractivity contribution in [1.82, 2.24) is 20.0 Å². The molecule has 19 heavy (non-hydrogen) atoms. The average Bonchev–Trinajstić information content (AvgIpc) is 2.41. The third-order valence-electron chi connectivity index (χ3n) is 3.98. The van der Waals surface area contributed by atoms with Crippen LogP contribution in [0.15, 0.2) is 0 Å². The molecule has 0 aromatic rings. The summed E-state index contributed by atoms with van der Waals surface area (Å²) < 4.78 is 0. The monoisotopic (exact) mass is 270 g/mol. The lowest BCUT2D eigenvalue weighted by atomic mass is 10.2. The maximum absolute atomic E-state index is 3.21. The SMILES string of the molecule is CNCCCCCCN1CCN(CCN(C)C)CC1. The minimum Gasteiger partial charge on any atom is -0.320 e. The molecule has 0 aromatic heterocycles. The Morgan fingerprint density at radius 1 is 0.842 bits per heavy atom. The Labute approximate surface area is 120 Å². The summed E-state index contributed by atoms with van der Waals surface area (Å²) in [7, 11) is 6.35. The molecule has 1 heterocycles. The molecule has 4 heteroatoms. The second-order valence-corrected chi connectivity index (χ2v) is 6.00. The standard InChI is InChI=1S/C15H34N4/c1-16-8-6-4-5-7-9-18-12-14-19(15-13-18)11-10-17(2)3/h16H,4-15H2,1-3H3. The van der Waals surface area contributed by atoms with Crippen molar-refractivity contribution in [3.8, 4) is 0 Å². The Bertz CT molecular complexity index is 200. The Morgan fingerprint density at radius 2 is 1.42 bits per heavy atom. The quantitative estimate of drug-likeness (QED) is 0.597. The maximum Gasteiger partial charge on any atom is 0.0110 e.